The predicted octanol–water partition coefficient (Wildman–Crippen LogP) is 2.49. The van der Waals surface area contributed by atoms with E-state index in [1.807, 2.05) is 16.7 Å². The van der Waals surface area contributed by atoms with Gasteiger partial charge in [-0.15, -0.1) is 11.8 Å². The highest BCUT2D eigenvalue weighted by atomic mass is 32.2. The van der Waals surface area contributed by atoms with Crippen molar-refractivity contribution in [2.24, 2.45) is 5.92 Å². The van der Waals surface area contributed by atoms with Gasteiger partial charge in [-0.25, -0.2) is 9.37 Å². The zero-order valence-corrected chi connectivity index (χ0v) is 13.2. The fraction of sp³-hybridized carbons (Fsp3) is 0.625. The van der Waals surface area contributed by atoms with E-state index < -0.39 is 5.82 Å². The lowest BCUT2D eigenvalue weighted by atomic mass is 9.92. The maximum atomic E-state index is 13.6. The SMILES string of the molecule is O=C(CC1CC1)N1CC2(C[C@@H](Oc3ncccc3F)CS2)C1. The van der Waals surface area contributed by atoms with Crippen molar-refractivity contribution >= 4 is 17.7 Å². The van der Waals surface area contributed by atoms with Crippen LogP contribution in [0.1, 0.15) is 25.7 Å². The summed E-state index contributed by atoms with van der Waals surface area (Å²) < 4.78 is 19.4. The Bertz CT molecular complexity index is 587. The van der Waals surface area contributed by atoms with Crippen molar-refractivity contribution in [3.05, 3.63) is 24.1 Å². The number of amides is 1. The number of halogens is 1. The van der Waals surface area contributed by atoms with Gasteiger partial charge in [-0.05, 0) is 30.9 Å². The van der Waals surface area contributed by atoms with Crippen LogP contribution in [-0.4, -0.2) is 45.5 Å². The summed E-state index contributed by atoms with van der Waals surface area (Å²) in [6.07, 6.45) is 5.53. The monoisotopic (exact) mass is 322 g/mol. The molecule has 1 saturated carbocycles. The number of carbonyl (C=O) groups is 1. The Balaban J connectivity index is 1.30. The third-order valence-corrected chi connectivity index (χ3v) is 6.22. The van der Waals surface area contributed by atoms with Gasteiger partial charge in [0, 0.05) is 37.9 Å². The number of carbonyl (C=O) groups excluding carboxylic acids is 1. The summed E-state index contributed by atoms with van der Waals surface area (Å²) in [5.74, 6) is 1.45. The first-order valence-electron chi connectivity index (χ1n) is 7.82. The second-order valence-electron chi connectivity index (χ2n) is 6.63. The number of aromatic nitrogens is 1. The van der Waals surface area contributed by atoms with Crippen LogP contribution < -0.4 is 4.74 Å². The fourth-order valence-corrected chi connectivity index (χ4v) is 4.76. The summed E-state index contributed by atoms with van der Waals surface area (Å²) in [5, 5.41) is 0. The van der Waals surface area contributed by atoms with Crippen molar-refractivity contribution in [2.75, 3.05) is 18.8 Å². The van der Waals surface area contributed by atoms with Gasteiger partial charge < -0.3 is 9.64 Å². The number of hydrogen-bond donors (Lipinski definition) is 0. The molecule has 0 unspecified atom stereocenters. The number of rotatable bonds is 4. The van der Waals surface area contributed by atoms with E-state index in [0.717, 1.165) is 31.7 Å². The van der Waals surface area contributed by atoms with Crippen LogP contribution in [0.4, 0.5) is 4.39 Å². The Morgan fingerprint density at radius 1 is 1.50 bits per heavy atom. The zero-order valence-electron chi connectivity index (χ0n) is 12.3. The molecule has 1 atom stereocenters. The standard InChI is InChI=1S/C16H19FN2O2S/c17-13-2-1-5-18-15(13)21-12-7-16(22-8-12)9-19(10-16)14(20)6-11-3-4-11/h1-2,5,11-12H,3-4,6-10H2/t12-/m1/s1. The molecular weight excluding hydrogens is 303 g/mol. The first-order valence-corrected chi connectivity index (χ1v) is 8.81. The van der Waals surface area contributed by atoms with Crippen molar-refractivity contribution in [3.8, 4) is 5.88 Å². The summed E-state index contributed by atoms with van der Waals surface area (Å²) in [7, 11) is 0. The van der Waals surface area contributed by atoms with Gasteiger partial charge in [0.1, 0.15) is 6.10 Å². The molecule has 6 heteroatoms. The second-order valence-corrected chi connectivity index (χ2v) is 8.11. The van der Waals surface area contributed by atoms with E-state index in [2.05, 4.69) is 4.98 Å². The number of likely N-dealkylation sites (tertiary alicyclic amines) is 1. The van der Waals surface area contributed by atoms with Crippen LogP contribution in [0.3, 0.4) is 0 Å². The number of hydrogen-bond acceptors (Lipinski definition) is 4. The lowest BCUT2D eigenvalue weighted by Crippen LogP contribution is -2.60. The summed E-state index contributed by atoms with van der Waals surface area (Å²) in [5.41, 5.74) is 0. The van der Waals surface area contributed by atoms with Gasteiger partial charge in [-0.1, -0.05) is 0 Å². The highest BCUT2D eigenvalue weighted by Gasteiger charge is 2.51. The van der Waals surface area contributed by atoms with Crippen LogP contribution in [0.2, 0.25) is 0 Å². The Morgan fingerprint density at radius 3 is 3.05 bits per heavy atom. The molecule has 4 nitrogen and oxygen atoms in total. The fourth-order valence-electron chi connectivity index (χ4n) is 3.24. The molecule has 1 aromatic rings. The number of thioether (sulfide) groups is 1. The summed E-state index contributed by atoms with van der Waals surface area (Å²) in [4.78, 5) is 18.0. The van der Waals surface area contributed by atoms with Crippen LogP contribution >= 0.6 is 11.8 Å². The van der Waals surface area contributed by atoms with Gasteiger partial charge in [-0.3, -0.25) is 4.79 Å². The number of pyridine rings is 1. The van der Waals surface area contributed by atoms with Crippen LogP contribution in [0.25, 0.3) is 0 Å². The summed E-state index contributed by atoms with van der Waals surface area (Å²) in [6.45, 7) is 1.63. The molecule has 2 saturated heterocycles. The maximum Gasteiger partial charge on any atom is 0.250 e. The molecule has 4 rings (SSSR count). The molecule has 1 spiro atoms. The van der Waals surface area contributed by atoms with E-state index in [-0.39, 0.29) is 16.7 Å². The van der Waals surface area contributed by atoms with Crippen molar-refractivity contribution in [3.63, 3.8) is 0 Å². The van der Waals surface area contributed by atoms with E-state index in [1.165, 1.54) is 25.1 Å². The van der Waals surface area contributed by atoms with Crippen molar-refractivity contribution < 1.29 is 13.9 Å². The van der Waals surface area contributed by atoms with E-state index in [4.69, 9.17) is 4.74 Å². The average Bonchev–Trinajstić information content (AvgIpc) is 3.16. The van der Waals surface area contributed by atoms with E-state index >= 15 is 0 Å². The first-order chi connectivity index (χ1) is 10.6. The second kappa shape index (κ2) is 5.41. The van der Waals surface area contributed by atoms with Crippen LogP contribution in [0.15, 0.2) is 18.3 Å². The third kappa shape index (κ3) is 2.81. The Hall–Kier alpha value is -1.30. The lowest BCUT2D eigenvalue weighted by Gasteiger charge is -2.47. The molecule has 3 fully saturated rings. The van der Waals surface area contributed by atoms with Crippen LogP contribution in [-0.2, 0) is 4.79 Å². The molecule has 22 heavy (non-hydrogen) atoms. The van der Waals surface area contributed by atoms with Gasteiger partial charge in [0.15, 0.2) is 5.82 Å². The molecular formula is C16H19FN2O2S. The van der Waals surface area contributed by atoms with Crippen molar-refractivity contribution in [1.82, 2.24) is 9.88 Å². The van der Waals surface area contributed by atoms with E-state index in [1.54, 1.807) is 6.07 Å². The van der Waals surface area contributed by atoms with Gasteiger partial charge in [-0.2, -0.15) is 0 Å². The molecule has 118 valence electrons. The minimum absolute atomic E-state index is 0.0184. The zero-order chi connectivity index (χ0) is 15.2. The van der Waals surface area contributed by atoms with Crippen LogP contribution in [0.5, 0.6) is 5.88 Å². The number of ether oxygens (including phenoxy) is 1. The topological polar surface area (TPSA) is 42.4 Å². The quantitative estimate of drug-likeness (QED) is 0.854. The molecule has 2 aliphatic heterocycles. The predicted molar refractivity (Wildman–Crippen MR) is 82.3 cm³/mol. The molecule has 0 radical (unpaired) electrons. The third-order valence-electron chi connectivity index (χ3n) is 4.65. The Labute approximate surface area is 133 Å². The molecule has 0 bridgehead atoms. The molecule has 0 N–H and O–H groups in total. The molecule has 1 aliphatic carbocycles. The van der Waals surface area contributed by atoms with Gasteiger partial charge >= 0.3 is 0 Å². The van der Waals surface area contributed by atoms with Crippen LogP contribution in [0, 0.1) is 11.7 Å². The minimum Gasteiger partial charge on any atom is -0.471 e. The summed E-state index contributed by atoms with van der Waals surface area (Å²) in [6, 6.07) is 2.92. The molecule has 1 aromatic heterocycles. The Morgan fingerprint density at radius 2 is 2.32 bits per heavy atom. The van der Waals surface area contributed by atoms with E-state index in [9.17, 15) is 9.18 Å². The van der Waals surface area contributed by atoms with Crippen molar-refractivity contribution in [2.45, 2.75) is 36.5 Å². The first kappa shape index (κ1) is 14.3. The molecule has 0 aromatic carbocycles. The lowest BCUT2D eigenvalue weighted by molar-refractivity contribution is -0.136. The molecule has 1 amide bonds. The van der Waals surface area contributed by atoms with E-state index in [0.29, 0.717) is 11.8 Å². The van der Waals surface area contributed by atoms with Gasteiger partial charge in [0.2, 0.25) is 5.91 Å². The van der Waals surface area contributed by atoms with Crippen molar-refractivity contribution in [1.29, 1.82) is 0 Å². The summed E-state index contributed by atoms with van der Waals surface area (Å²) >= 11 is 1.85. The maximum absolute atomic E-state index is 13.6. The highest BCUT2D eigenvalue weighted by Crippen LogP contribution is 2.46. The Kier molecular flexibility index (Phi) is 3.51. The largest absolute Gasteiger partial charge is 0.471 e. The van der Waals surface area contributed by atoms with Gasteiger partial charge in [0.25, 0.3) is 5.88 Å². The molecule has 3 heterocycles. The smallest absolute Gasteiger partial charge is 0.250 e. The van der Waals surface area contributed by atoms with Gasteiger partial charge in [0.05, 0.1) is 4.75 Å². The normalized spacial score (nSPS) is 26.0. The highest BCUT2D eigenvalue weighted by molar-refractivity contribution is 8.01. The minimum atomic E-state index is -0.414. The number of nitrogens with zero attached hydrogens (tertiary/aromatic N) is 2. The molecule has 3 aliphatic rings. The average molecular weight is 322 g/mol.